The topological polar surface area (TPSA) is 111 Å². The largest absolute Gasteiger partial charge is 0.742 e. The Morgan fingerprint density at radius 3 is 1.80 bits per heavy atom. The summed E-state index contributed by atoms with van der Waals surface area (Å²) < 4.78 is 29.4. The smallest absolute Gasteiger partial charge is 0.259 e. The summed E-state index contributed by atoms with van der Waals surface area (Å²) in [6.07, 6.45) is 0. The zero-order valence-electron chi connectivity index (χ0n) is 5.75. The van der Waals surface area contributed by atoms with Crippen molar-refractivity contribution in [3.63, 3.8) is 0 Å². The fourth-order valence-corrected chi connectivity index (χ4v) is 0.640. The number of carbonyl (C=O) groups is 1. The molecule has 0 aromatic carbocycles. The Hall–Kier alpha value is -0.720. The second kappa shape index (κ2) is 3.45. The number of quaternary nitrogens is 1. The quantitative estimate of drug-likeness (QED) is 0.438. The Kier molecular flexibility index (Phi) is 4.14. The number of rotatable bonds is 1. The molecule has 0 aromatic rings. The maximum absolute atomic E-state index is 10.2. The first-order valence-electron chi connectivity index (χ1n) is 2.01. The van der Waals surface area contributed by atoms with E-state index in [1.54, 1.807) is 0 Å². The Morgan fingerprint density at radius 1 is 1.50 bits per heavy atom. The minimum atomic E-state index is -4.79. The summed E-state index contributed by atoms with van der Waals surface area (Å²) in [7, 11) is -4.79. The van der Waals surface area contributed by atoms with Crippen LogP contribution in [0, 0.1) is 0 Å². The Bertz CT molecular complexity index is 240. The first-order valence-corrected chi connectivity index (χ1v) is 3.42. The van der Waals surface area contributed by atoms with Crippen LogP contribution in [0.2, 0.25) is 0 Å². The highest BCUT2D eigenvalue weighted by Crippen LogP contribution is 1.95. The molecule has 6 heteroatoms. The molecule has 0 atom stereocenters. The molecular weight excluding hydrogens is 158 g/mol. The Labute approximate surface area is 59.1 Å². The van der Waals surface area contributed by atoms with Crippen molar-refractivity contribution in [2.24, 2.45) is 0 Å². The molecule has 60 valence electrons. The summed E-state index contributed by atoms with van der Waals surface area (Å²) in [4.78, 5) is 10.2. The third-order valence-electron chi connectivity index (χ3n) is 0.576. The van der Waals surface area contributed by atoms with Crippen LogP contribution in [0.3, 0.4) is 0 Å². The van der Waals surface area contributed by atoms with Crippen LogP contribution in [0.15, 0.2) is 12.2 Å². The Balaban J connectivity index is 0. The second-order valence-electron chi connectivity index (χ2n) is 1.52. The number of hydrogen-bond donors (Lipinski definition) is 1. The van der Waals surface area contributed by atoms with Gasteiger partial charge < -0.3 is 10.7 Å². The van der Waals surface area contributed by atoms with Crippen molar-refractivity contribution in [2.45, 2.75) is 6.92 Å². The summed E-state index contributed by atoms with van der Waals surface area (Å²) in [5.74, 6) is 0. The van der Waals surface area contributed by atoms with Crippen molar-refractivity contribution in [1.29, 1.82) is 0 Å². The highest BCUT2D eigenvalue weighted by Gasteiger charge is 2.08. The van der Waals surface area contributed by atoms with E-state index in [-0.39, 0.29) is 11.7 Å². The summed E-state index contributed by atoms with van der Waals surface area (Å²) in [5, 5.41) is -1.44. The molecule has 0 amide bonds. The SMILES string of the molecule is C=C(C)C(=O)S(=O)(=O)[O-].[NH4+]. The molecule has 0 aromatic heterocycles. The summed E-state index contributed by atoms with van der Waals surface area (Å²) >= 11 is 0. The van der Waals surface area contributed by atoms with Crippen LogP contribution < -0.4 is 6.15 Å². The van der Waals surface area contributed by atoms with Crippen molar-refractivity contribution < 1.29 is 17.8 Å². The number of hydrogen-bond acceptors (Lipinski definition) is 4. The molecule has 0 saturated carbocycles. The minimum absolute atomic E-state index is 0. The van der Waals surface area contributed by atoms with Gasteiger partial charge in [0.25, 0.3) is 5.12 Å². The molecule has 0 unspecified atom stereocenters. The zero-order chi connectivity index (χ0) is 7.65. The molecule has 10 heavy (non-hydrogen) atoms. The van der Waals surface area contributed by atoms with E-state index >= 15 is 0 Å². The third-order valence-corrected chi connectivity index (χ3v) is 1.38. The summed E-state index contributed by atoms with van der Waals surface area (Å²) in [5.41, 5.74) is -0.259. The fraction of sp³-hybridized carbons (Fsp3) is 0.250. The van der Waals surface area contributed by atoms with Gasteiger partial charge in [0.1, 0.15) is 0 Å². The lowest BCUT2D eigenvalue weighted by Crippen LogP contribution is -2.13. The van der Waals surface area contributed by atoms with E-state index in [1.165, 1.54) is 0 Å². The predicted octanol–water partition coefficient (Wildman–Crippen LogP) is 0.0105. The average Bonchev–Trinajstić information content (AvgIpc) is 1.62. The van der Waals surface area contributed by atoms with Crippen LogP contribution in [0.1, 0.15) is 6.92 Å². The molecule has 5 nitrogen and oxygen atoms in total. The minimum Gasteiger partial charge on any atom is -0.742 e. The van der Waals surface area contributed by atoms with E-state index in [2.05, 4.69) is 6.58 Å². The first-order chi connectivity index (χ1) is 3.85. The molecule has 0 aliphatic rings. The van der Waals surface area contributed by atoms with E-state index < -0.39 is 15.2 Å². The van der Waals surface area contributed by atoms with Crippen molar-refractivity contribution in [1.82, 2.24) is 6.15 Å². The molecule has 0 aliphatic heterocycles. The van der Waals surface area contributed by atoms with Gasteiger partial charge in [-0.2, -0.15) is 0 Å². The van der Waals surface area contributed by atoms with Gasteiger partial charge in [0.05, 0.1) is 0 Å². The second-order valence-corrected chi connectivity index (χ2v) is 2.80. The fourth-order valence-electron chi connectivity index (χ4n) is 0.213. The van der Waals surface area contributed by atoms with E-state index in [0.717, 1.165) is 6.92 Å². The molecule has 0 saturated heterocycles. The molecule has 4 N–H and O–H groups in total. The van der Waals surface area contributed by atoms with E-state index in [9.17, 15) is 17.8 Å². The lowest BCUT2D eigenvalue weighted by Gasteiger charge is -2.02. The van der Waals surface area contributed by atoms with Crippen molar-refractivity contribution >= 4 is 15.2 Å². The first kappa shape index (κ1) is 12.0. The van der Waals surface area contributed by atoms with Crippen LogP contribution in [0.4, 0.5) is 0 Å². The summed E-state index contributed by atoms with van der Waals surface area (Å²) in [6, 6.07) is 0. The summed E-state index contributed by atoms with van der Waals surface area (Å²) in [6.45, 7) is 4.16. The van der Waals surface area contributed by atoms with Crippen molar-refractivity contribution in [2.75, 3.05) is 0 Å². The molecule has 0 rings (SSSR count). The van der Waals surface area contributed by atoms with Crippen molar-refractivity contribution in [3.8, 4) is 0 Å². The molecule has 0 spiro atoms. The normalized spacial score (nSPS) is 9.80. The molecule has 0 bridgehead atoms. The average molecular weight is 167 g/mol. The molecule has 0 radical (unpaired) electrons. The van der Waals surface area contributed by atoms with Crippen LogP contribution in [0.25, 0.3) is 0 Å². The maximum atomic E-state index is 10.2. The highest BCUT2D eigenvalue weighted by atomic mass is 32.2. The van der Waals surface area contributed by atoms with Gasteiger partial charge >= 0.3 is 0 Å². The molecular formula is C4H9NO4S. The van der Waals surface area contributed by atoms with Crippen LogP contribution in [-0.2, 0) is 14.9 Å². The highest BCUT2D eigenvalue weighted by molar-refractivity contribution is 8.01. The molecule has 0 heterocycles. The molecule has 0 fully saturated rings. The van der Waals surface area contributed by atoms with E-state index in [1.807, 2.05) is 0 Å². The van der Waals surface area contributed by atoms with Gasteiger partial charge in [0.2, 0.25) is 0 Å². The third kappa shape index (κ3) is 3.33. The lowest BCUT2D eigenvalue weighted by molar-refractivity contribution is -0.109. The van der Waals surface area contributed by atoms with Crippen molar-refractivity contribution in [3.05, 3.63) is 12.2 Å². The van der Waals surface area contributed by atoms with Gasteiger partial charge in [0.15, 0.2) is 10.1 Å². The van der Waals surface area contributed by atoms with Crippen LogP contribution >= 0.6 is 0 Å². The zero-order valence-corrected chi connectivity index (χ0v) is 6.56. The maximum Gasteiger partial charge on any atom is 0.259 e. The van der Waals surface area contributed by atoms with E-state index in [0.29, 0.717) is 0 Å². The van der Waals surface area contributed by atoms with Gasteiger partial charge in [0, 0.05) is 0 Å². The molecule has 0 aliphatic carbocycles. The van der Waals surface area contributed by atoms with Gasteiger partial charge in [-0.05, 0) is 12.5 Å². The lowest BCUT2D eigenvalue weighted by atomic mass is 10.4. The Morgan fingerprint density at radius 2 is 1.80 bits per heavy atom. The monoisotopic (exact) mass is 167 g/mol. The number of carbonyl (C=O) groups excluding carboxylic acids is 1. The van der Waals surface area contributed by atoms with Gasteiger partial charge in [-0.25, -0.2) is 8.42 Å². The van der Waals surface area contributed by atoms with Gasteiger partial charge in [-0.1, -0.05) is 6.58 Å². The van der Waals surface area contributed by atoms with Crippen LogP contribution in [0.5, 0.6) is 0 Å². The van der Waals surface area contributed by atoms with Gasteiger partial charge in [-0.3, -0.25) is 4.79 Å². The van der Waals surface area contributed by atoms with Crippen LogP contribution in [-0.4, -0.2) is 18.1 Å². The predicted molar refractivity (Wildman–Crippen MR) is 35.5 cm³/mol. The van der Waals surface area contributed by atoms with Gasteiger partial charge in [-0.15, -0.1) is 0 Å². The standard InChI is InChI=1S/C4H6O4S.H3N/c1-3(2)4(5)9(6,7)8;/h1H2,2H3,(H,6,7,8);1H3. The van der Waals surface area contributed by atoms with E-state index in [4.69, 9.17) is 0 Å².